The van der Waals surface area contributed by atoms with Gasteiger partial charge in [0.05, 0.1) is 33.4 Å². The first kappa shape index (κ1) is 27.1. The van der Waals surface area contributed by atoms with Crippen molar-refractivity contribution in [3.63, 3.8) is 0 Å². The number of nitriles is 1. The molecule has 10 nitrogen and oxygen atoms in total. The standard InChI is InChI=1S/C28H23ClN6O4S/c1-4-16-10-18(25-24(34-16)20(12-40-25)28(37)38)17-9-15(29)5-6-21(17)39-8-7-35-14(3)33-23-13(2)32-26(31)19(11-30)22(23)27(35)36/h5-6,9-10,12H,4,7-8H2,1-3H3,(H2,31,32)(H,37,38). The molecule has 0 bridgehead atoms. The number of aromatic nitrogens is 4. The van der Waals surface area contributed by atoms with Crippen molar-refractivity contribution in [3.8, 4) is 22.9 Å². The molecule has 0 radical (unpaired) electrons. The Morgan fingerprint density at radius 3 is 2.67 bits per heavy atom. The maximum Gasteiger partial charge on any atom is 0.338 e. The number of benzene rings is 1. The minimum atomic E-state index is -1.04. The summed E-state index contributed by atoms with van der Waals surface area (Å²) >= 11 is 7.66. The summed E-state index contributed by atoms with van der Waals surface area (Å²) in [6.07, 6.45) is 0.607. The van der Waals surface area contributed by atoms with Gasteiger partial charge in [-0.25, -0.2) is 14.8 Å². The minimum Gasteiger partial charge on any atom is -0.491 e. The summed E-state index contributed by atoms with van der Waals surface area (Å²) in [6, 6.07) is 9.08. The fourth-order valence-corrected chi connectivity index (χ4v) is 5.81. The van der Waals surface area contributed by atoms with Gasteiger partial charge in [-0.1, -0.05) is 18.5 Å². The Balaban J connectivity index is 1.54. The van der Waals surface area contributed by atoms with Gasteiger partial charge in [0.15, 0.2) is 0 Å². The molecule has 5 rings (SSSR count). The highest BCUT2D eigenvalue weighted by Crippen LogP contribution is 2.40. The molecule has 12 heteroatoms. The second-order valence-electron chi connectivity index (χ2n) is 9.04. The zero-order chi connectivity index (χ0) is 28.7. The number of nitrogens with two attached hydrogens (primary N) is 1. The topological polar surface area (TPSA) is 157 Å². The van der Waals surface area contributed by atoms with Crippen molar-refractivity contribution in [1.29, 1.82) is 5.26 Å². The van der Waals surface area contributed by atoms with Gasteiger partial charge in [0.2, 0.25) is 0 Å². The monoisotopic (exact) mass is 574 g/mol. The quantitative estimate of drug-likeness (QED) is 0.269. The molecule has 0 unspecified atom stereocenters. The van der Waals surface area contributed by atoms with E-state index in [2.05, 4.69) is 15.0 Å². The van der Waals surface area contributed by atoms with Crippen molar-refractivity contribution in [2.24, 2.45) is 0 Å². The number of halogens is 1. The van der Waals surface area contributed by atoms with Crippen molar-refractivity contribution in [1.82, 2.24) is 19.5 Å². The Morgan fingerprint density at radius 1 is 1.20 bits per heavy atom. The first-order valence-corrected chi connectivity index (χ1v) is 13.5. The largest absolute Gasteiger partial charge is 0.491 e. The predicted molar refractivity (Wildman–Crippen MR) is 154 cm³/mol. The van der Waals surface area contributed by atoms with Gasteiger partial charge in [-0.2, -0.15) is 5.26 Å². The molecule has 202 valence electrons. The minimum absolute atomic E-state index is 0.00198. The Labute approximate surface area is 237 Å². The van der Waals surface area contributed by atoms with E-state index in [4.69, 9.17) is 22.1 Å². The molecule has 0 aliphatic heterocycles. The fourth-order valence-electron chi connectivity index (χ4n) is 4.62. The van der Waals surface area contributed by atoms with Gasteiger partial charge in [0, 0.05) is 27.2 Å². The van der Waals surface area contributed by atoms with Gasteiger partial charge in [-0.15, -0.1) is 11.3 Å². The van der Waals surface area contributed by atoms with E-state index in [0.717, 1.165) is 11.3 Å². The maximum atomic E-state index is 13.4. The highest BCUT2D eigenvalue weighted by atomic mass is 35.5. The second-order valence-corrected chi connectivity index (χ2v) is 10.4. The van der Waals surface area contributed by atoms with Gasteiger partial charge in [-0.05, 0) is 44.5 Å². The van der Waals surface area contributed by atoms with Gasteiger partial charge < -0.3 is 15.6 Å². The molecule has 0 fully saturated rings. The molecule has 0 saturated carbocycles. The number of anilines is 1. The van der Waals surface area contributed by atoms with Crippen molar-refractivity contribution >= 4 is 55.8 Å². The van der Waals surface area contributed by atoms with Crippen LogP contribution in [0.5, 0.6) is 5.75 Å². The smallest absolute Gasteiger partial charge is 0.338 e. The van der Waals surface area contributed by atoms with Crippen molar-refractivity contribution in [2.75, 3.05) is 12.3 Å². The summed E-state index contributed by atoms with van der Waals surface area (Å²) in [5.74, 6) is -0.110. The zero-order valence-electron chi connectivity index (χ0n) is 21.8. The predicted octanol–water partition coefficient (Wildman–Crippen LogP) is 5.13. The third-order valence-corrected chi connectivity index (χ3v) is 7.82. The Morgan fingerprint density at radius 2 is 1.98 bits per heavy atom. The van der Waals surface area contributed by atoms with E-state index in [1.165, 1.54) is 15.9 Å². The lowest BCUT2D eigenvalue weighted by Gasteiger charge is -2.16. The number of aryl methyl sites for hydroxylation is 3. The van der Waals surface area contributed by atoms with Gasteiger partial charge in [-0.3, -0.25) is 14.3 Å². The van der Waals surface area contributed by atoms with Crippen LogP contribution >= 0.6 is 22.9 Å². The number of nitrogen functional groups attached to an aromatic ring is 1. The van der Waals surface area contributed by atoms with Crippen LogP contribution in [-0.2, 0) is 13.0 Å². The van der Waals surface area contributed by atoms with Gasteiger partial charge in [0.25, 0.3) is 5.56 Å². The average molecular weight is 575 g/mol. The number of carbonyl (C=O) groups is 1. The normalized spacial score (nSPS) is 11.2. The van der Waals surface area contributed by atoms with E-state index in [1.807, 2.05) is 19.1 Å². The van der Waals surface area contributed by atoms with E-state index in [0.29, 0.717) is 50.0 Å². The van der Waals surface area contributed by atoms with Crippen molar-refractivity contribution in [2.45, 2.75) is 33.7 Å². The lowest BCUT2D eigenvalue weighted by molar-refractivity contribution is 0.0699. The molecule has 4 aromatic heterocycles. The van der Waals surface area contributed by atoms with Crippen LogP contribution in [0.3, 0.4) is 0 Å². The summed E-state index contributed by atoms with van der Waals surface area (Å²) in [5.41, 5.74) is 9.04. The summed E-state index contributed by atoms with van der Waals surface area (Å²) in [7, 11) is 0. The molecule has 0 saturated heterocycles. The van der Waals surface area contributed by atoms with Crippen molar-refractivity contribution < 1.29 is 14.6 Å². The number of hydrogen-bond donors (Lipinski definition) is 2. The van der Waals surface area contributed by atoms with Crippen LogP contribution in [0.1, 0.15) is 40.1 Å². The van der Waals surface area contributed by atoms with E-state index in [9.17, 15) is 20.0 Å². The number of rotatable bonds is 7. The highest BCUT2D eigenvalue weighted by molar-refractivity contribution is 7.18. The van der Waals surface area contributed by atoms with Crippen LogP contribution in [0.2, 0.25) is 5.02 Å². The van der Waals surface area contributed by atoms with Crippen LogP contribution < -0.4 is 16.0 Å². The zero-order valence-corrected chi connectivity index (χ0v) is 23.4. The average Bonchev–Trinajstić information content (AvgIpc) is 3.36. The highest BCUT2D eigenvalue weighted by Gasteiger charge is 2.21. The van der Waals surface area contributed by atoms with Crippen LogP contribution in [0.15, 0.2) is 34.4 Å². The lowest BCUT2D eigenvalue weighted by Crippen LogP contribution is -2.28. The van der Waals surface area contributed by atoms with E-state index >= 15 is 0 Å². The van der Waals surface area contributed by atoms with Crippen LogP contribution in [0.25, 0.3) is 32.2 Å². The molecular formula is C28H23ClN6O4S. The second kappa shape index (κ2) is 10.6. The molecule has 0 atom stereocenters. The van der Waals surface area contributed by atoms with E-state index < -0.39 is 11.5 Å². The third-order valence-electron chi connectivity index (χ3n) is 6.58. The SMILES string of the molecule is CCc1cc(-c2cc(Cl)ccc2OCCn2c(C)nc3c(C)nc(N)c(C#N)c3c2=O)c2scc(C(=O)O)c2n1. The number of pyridine rings is 2. The molecule has 0 aliphatic rings. The molecule has 3 N–H and O–H groups in total. The number of carboxylic acid groups (broad SMARTS) is 1. The summed E-state index contributed by atoms with van der Waals surface area (Å²) < 4.78 is 8.32. The molecular weight excluding hydrogens is 552 g/mol. The number of ether oxygens (including phenoxy) is 1. The van der Waals surface area contributed by atoms with E-state index in [1.54, 1.807) is 37.4 Å². The number of aromatic carboxylic acids is 1. The van der Waals surface area contributed by atoms with E-state index in [-0.39, 0.29) is 35.5 Å². The number of thiophene rings is 1. The van der Waals surface area contributed by atoms with Crippen LogP contribution in [0, 0.1) is 25.2 Å². The Hall–Kier alpha value is -4.53. The summed E-state index contributed by atoms with van der Waals surface area (Å²) in [4.78, 5) is 38.5. The molecule has 40 heavy (non-hydrogen) atoms. The van der Waals surface area contributed by atoms with Gasteiger partial charge in [0.1, 0.15) is 41.1 Å². The number of fused-ring (bicyclic) bond motifs is 2. The Bertz CT molecular complexity index is 1940. The molecule has 4 heterocycles. The first-order valence-electron chi connectivity index (χ1n) is 12.3. The molecule has 1 aromatic carbocycles. The summed E-state index contributed by atoms with van der Waals surface area (Å²) in [6.45, 7) is 5.59. The Kier molecular flexibility index (Phi) is 7.14. The lowest BCUT2D eigenvalue weighted by atomic mass is 10.0. The third kappa shape index (κ3) is 4.61. The molecule has 0 spiro atoms. The van der Waals surface area contributed by atoms with Crippen LogP contribution in [-0.4, -0.2) is 37.2 Å². The maximum absolute atomic E-state index is 13.4. The molecule has 0 aliphatic carbocycles. The molecule has 0 amide bonds. The molecule has 5 aromatic rings. The number of carboxylic acids is 1. The van der Waals surface area contributed by atoms with Crippen LogP contribution in [0.4, 0.5) is 5.82 Å². The van der Waals surface area contributed by atoms with Gasteiger partial charge >= 0.3 is 5.97 Å². The summed E-state index contributed by atoms with van der Waals surface area (Å²) in [5, 5.41) is 21.4. The number of nitrogens with zero attached hydrogens (tertiary/aromatic N) is 5. The fraction of sp³-hybridized carbons (Fsp3) is 0.214. The number of hydrogen-bond acceptors (Lipinski definition) is 9. The van der Waals surface area contributed by atoms with Crippen molar-refractivity contribution in [3.05, 3.63) is 73.4 Å². The first-order chi connectivity index (χ1) is 19.1.